The third kappa shape index (κ3) is 3.97. The molecule has 0 spiro atoms. The number of aromatic nitrogens is 4. The molecule has 0 radical (unpaired) electrons. The van der Waals surface area contributed by atoms with E-state index in [0.29, 0.717) is 31.8 Å². The molecule has 3 heterocycles. The number of pyridine rings is 1. The van der Waals surface area contributed by atoms with Crippen molar-refractivity contribution in [3.8, 4) is 11.4 Å². The second-order valence-corrected chi connectivity index (χ2v) is 8.62. The smallest absolute Gasteiger partial charge is 0.227 e. The van der Waals surface area contributed by atoms with Crippen molar-refractivity contribution in [2.24, 2.45) is 5.92 Å². The van der Waals surface area contributed by atoms with Gasteiger partial charge < -0.3 is 15.1 Å². The van der Waals surface area contributed by atoms with Gasteiger partial charge in [-0.15, -0.1) is 10.2 Å². The Hall–Kier alpha value is -2.51. The number of benzene rings is 1. The molecule has 1 aliphatic rings. The van der Waals surface area contributed by atoms with Gasteiger partial charge in [0, 0.05) is 36.8 Å². The van der Waals surface area contributed by atoms with Crippen molar-refractivity contribution in [1.29, 1.82) is 0 Å². The molecule has 4 rings (SSSR count). The van der Waals surface area contributed by atoms with Crippen LogP contribution in [0.1, 0.15) is 32.3 Å². The van der Waals surface area contributed by atoms with Crippen molar-refractivity contribution in [3.63, 3.8) is 0 Å². The van der Waals surface area contributed by atoms with Gasteiger partial charge in [-0.2, -0.15) is 0 Å². The molecule has 0 aliphatic carbocycles. The van der Waals surface area contributed by atoms with E-state index in [1.165, 1.54) is 5.56 Å². The van der Waals surface area contributed by atoms with Crippen molar-refractivity contribution < 1.29 is 10.2 Å². The molecule has 29 heavy (non-hydrogen) atoms. The Morgan fingerprint density at radius 1 is 1.14 bits per heavy atom. The largest absolute Gasteiger partial charge is 0.393 e. The van der Waals surface area contributed by atoms with E-state index < -0.39 is 5.60 Å². The van der Waals surface area contributed by atoms with E-state index >= 15 is 0 Å². The van der Waals surface area contributed by atoms with Gasteiger partial charge in [-0.25, -0.2) is 0 Å². The highest BCUT2D eigenvalue weighted by Crippen LogP contribution is 2.29. The van der Waals surface area contributed by atoms with Crippen molar-refractivity contribution in [2.75, 3.05) is 24.6 Å². The molecule has 3 aromatic rings. The molecule has 0 saturated carbocycles. The standard InChI is InChI=1S/C22H29N5O2/c1-15(2)13-27-20(18-11-17-5-4-16(3)10-19(17)23-12-18)24-25-21(27)26-8-6-22(29,14-28)7-9-26/h4-5,10-12,15,28-29H,6-9,13-14H2,1-3H3. The van der Waals surface area contributed by atoms with Crippen LogP contribution < -0.4 is 4.90 Å². The number of piperidine rings is 1. The minimum atomic E-state index is -0.984. The zero-order chi connectivity index (χ0) is 20.6. The normalized spacial score (nSPS) is 16.7. The number of aryl methyl sites for hydroxylation is 1. The lowest BCUT2D eigenvalue weighted by Gasteiger charge is -2.37. The van der Waals surface area contributed by atoms with Crippen LogP contribution >= 0.6 is 0 Å². The summed E-state index contributed by atoms with van der Waals surface area (Å²) in [6.45, 7) is 8.30. The van der Waals surface area contributed by atoms with Crippen LogP contribution in [0.2, 0.25) is 0 Å². The monoisotopic (exact) mass is 395 g/mol. The van der Waals surface area contributed by atoms with E-state index in [2.05, 4.69) is 69.7 Å². The van der Waals surface area contributed by atoms with Gasteiger partial charge in [-0.3, -0.25) is 9.55 Å². The summed E-state index contributed by atoms with van der Waals surface area (Å²) in [7, 11) is 0. The number of rotatable bonds is 5. The summed E-state index contributed by atoms with van der Waals surface area (Å²) >= 11 is 0. The van der Waals surface area contributed by atoms with Gasteiger partial charge in [-0.05, 0) is 43.4 Å². The maximum absolute atomic E-state index is 10.3. The molecular formula is C22H29N5O2. The second kappa shape index (κ2) is 7.72. The van der Waals surface area contributed by atoms with Crippen LogP contribution in [0.25, 0.3) is 22.3 Å². The van der Waals surface area contributed by atoms with Gasteiger partial charge in [0.15, 0.2) is 5.82 Å². The average Bonchev–Trinajstić information content (AvgIpc) is 3.11. The van der Waals surface area contributed by atoms with Crippen LogP contribution in [-0.2, 0) is 6.54 Å². The van der Waals surface area contributed by atoms with Gasteiger partial charge in [-0.1, -0.05) is 26.0 Å². The molecule has 154 valence electrons. The second-order valence-electron chi connectivity index (χ2n) is 8.62. The molecule has 7 nitrogen and oxygen atoms in total. The van der Waals surface area contributed by atoms with E-state index in [0.717, 1.165) is 34.8 Å². The highest BCUT2D eigenvalue weighted by molar-refractivity contribution is 5.83. The fourth-order valence-electron chi connectivity index (χ4n) is 3.91. The Morgan fingerprint density at radius 2 is 1.90 bits per heavy atom. The molecule has 1 aliphatic heterocycles. The van der Waals surface area contributed by atoms with Crippen LogP contribution in [-0.4, -0.2) is 55.3 Å². The van der Waals surface area contributed by atoms with Crippen molar-refractivity contribution in [3.05, 3.63) is 36.0 Å². The fraction of sp³-hybridized carbons (Fsp3) is 0.500. The zero-order valence-electron chi connectivity index (χ0n) is 17.3. The van der Waals surface area contributed by atoms with Crippen molar-refractivity contribution in [1.82, 2.24) is 19.7 Å². The minimum Gasteiger partial charge on any atom is -0.393 e. The van der Waals surface area contributed by atoms with Crippen LogP contribution in [0.3, 0.4) is 0 Å². The summed E-state index contributed by atoms with van der Waals surface area (Å²) < 4.78 is 2.16. The third-order valence-corrected chi connectivity index (χ3v) is 5.65. The summed E-state index contributed by atoms with van der Waals surface area (Å²) in [5, 5.41) is 29.9. The molecule has 7 heteroatoms. The number of aliphatic hydroxyl groups is 2. The SMILES string of the molecule is Cc1ccc2cc(-c3nnc(N4CCC(O)(CO)CC4)n3CC(C)C)cnc2c1. The number of hydrogen-bond acceptors (Lipinski definition) is 6. The summed E-state index contributed by atoms with van der Waals surface area (Å²) in [6.07, 6.45) is 2.90. The summed E-state index contributed by atoms with van der Waals surface area (Å²) in [4.78, 5) is 6.79. The van der Waals surface area contributed by atoms with E-state index in [1.54, 1.807) is 0 Å². The Bertz CT molecular complexity index is 1010. The maximum Gasteiger partial charge on any atom is 0.227 e. The molecular weight excluding hydrogens is 366 g/mol. The molecule has 1 aromatic carbocycles. The molecule has 1 fully saturated rings. The first-order valence-electron chi connectivity index (χ1n) is 10.3. The van der Waals surface area contributed by atoms with Gasteiger partial charge in [0.2, 0.25) is 5.95 Å². The zero-order valence-corrected chi connectivity index (χ0v) is 17.3. The van der Waals surface area contributed by atoms with Gasteiger partial charge in [0.25, 0.3) is 0 Å². The third-order valence-electron chi connectivity index (χ3n) is 5.65. The first-order chi connectivity index (χ1) is 13.9. The molecule has 0 unspecified atom stereocenters. The van der Waals surface area contributed by atoms with E-state index in [1.807, 2.05) is 6.20 Å². The average molecular weight is 396 g/mol. The highest BCUT2D eigenvalue weighted by Gasteiger charge is 2.33. The molecule has 1 saturated heterocycles. The van der Waals surface area contributed by atoms with Crippen LogP contribution in [0.4, 0.5) is 5.95 Å². The molecule has 0 atom stereocenters. The van der Waals surface area contributed by atoms with Crippen LogP contribution in [0.5, 0.6) is 0 Å². The van der Waals surface area contributed by atoms with Crippen LogP contribution in [0.15, 0.2) is 30.5 Å². The lowest BCUT2D eigenvalue weighted by Crippen LogP contribution is -2.47. The summed E-state index contributed by atoms with van der Waals surface area (Å²) in [5.74, 6) is 2.06. The minimum absolute atomic E-state index is 0.201. The molecule has 0 amide bonds. The van der Waals surface area contributed by atoms with Gasteiger partial charge in [0.05, 0.1) is 17.7 Å². The lowest BCUT2D eigenvalue weighted by atomic mass is 9.93. The first kappa shape index (κ1) is 19.8. The fourth-order valence-corrected chi connectivity index (χ4v) is 3.91. The Balaban J connectivity index is 1.70. The summed E-state index contributed by atoms with van der Waals surface area (Å²) in [5.41, 5.74) is 2.13. The highest BCUT2D eigenvalue weighted by atomic mass is 16.3. The Morgan fingerprint density at radius 3 is 2.59 bits per heavy atom. The predicted octanol–water partition coefficient (Wildman–Crippen LogP) is 2.78. The molecule has 2 aromatic heterocycles. The van der Waals surface area contributed by atoms with E-state index in [4.69, 9.17) is 0 Å². The Kier molecular flexibility index (Phi) is 5.27. The van der Waals surface area contributed by atoms with E-state index in [9.17, 15) is 10.2 Å². The number of hydrogen-bond donors (Lipinski definition) is 2. The summed E-state index contributed by atoms with van der Waals surface area (Å²) in [6, 6.07) is 8.38. The van der Waals surface area contributed by atoms with Gasteiger partial charge in [0.1, 0.15) is 0 Å². The number of nitrogens with zero attached hydrogens (tertiary/aromatic N) is 5. The Labute approximate surface area is 171 Å². The number of aliphatic hydroxyl groups excluding tert-OH is 1. The van der Waals surface area contributed by atoms with Gasteiger partial charge >= 0.3 is 0 Å². The van der Waals surface area contributed by atoms with Crippen molar-refractivity contribution >= 4 is 16.9 Å². The lowest BCUT2D eigenvalue weighted by molar-refractivity contribution is -0.0328. The molecule has 0 bridgehead atoms. The van der Waals surface area contributed by atoms with E-state index in [-0.39, 0.29) is 6.61 Å². The number of fused-ring (bicyclic) bond motifs is 1. The van der Waals surface area contributed by atoms with Crippen LogP contribution in [0, 0.1) is 12.8 Å². The van der Waals surface area contributed by atoms with Crippen molar-refractivity contribution in [2.45, 2.75) is 45.8 Å². The number of anilines is 1. The predicted molar refractivity (Wildman–Crippen MR) is 114 cm³/mol. The maximum atomic E-state index is 10.3. The molecule has 2 N–H and O–H groups in total. The topological polar surface area (TPSA) is 87.3 Å². The first-order valence-corrected chi connectivity index (χ1v) is 10.3. The quantitative estimate of drug-likeness (QED) is 0.691.